The number of nitro groups is 1. The van der Waals surface area contributed by atoms with E-state index in [1.54, 1.807) is 12.1 Å². The van der Waals surface area contributed by atoms with Gasteiger partial charge in [-0.2, -0.15) is 0 Å². The highest BCUT2D eigenvalue weighted by molar-refractivity contribution is 9.10. The van der Waals surface area contributed by atoms with Gasteiger partial charge in [0.15, 0.2) is 0 Å². The summed E-state index contributed by atoms with van der Waals surface area (Å²) in [6.07, 6.45) is 2.69. The summed E-state index contributed by atoms with van der Waals surface area (Å²) in [5, 5.41) is 11.0. The maximum atomic E-state index is 11.6. The summed E-state index contributed by atoms with van der Waals surface area (Å²) < 4.78 is 6.58. The third-order valence-electron chi connectivity index (χ3n) is 3.56. The molecule has 1 aromatic carbocycles. The zero-order valence-electron chi connectivity index (χ0n) is 13.4. The minimum absolute atomic E-state index is 0.210. The number of nitrogens with one attached hydrogen (secondary N) is 2. The van der Waals surface area contributed by atoms with Crippen LogP contribution >= 0.6 is 15.9 Å². The number of aromatic nitrogens is 2. The van der Waals surface area contributed by atoms with Crippen molar-refractivity contribution in [1.82, 2.24) is 9.97 Å². The van der Waals surface area contributed by atoms with Crippen molar-refractivity contribution in [3.05, 3.63) is 82.8 Å². The molecule has 0 unspecified atom stereocenters. The fourth-order valence-corrected chi connectivity index (χ4v) is 3.06. The van der Waals surface area contributed by atoms with Crippen LogP contribution in [0.3, 0.4) is 0 Å². The average Bonchev–Trinajstić information content (AvgIpc) is 3.00. The highest BCUT2D eigenvalue weighted by atomic mass is 79.9. The van der Waals surface area contributed by atoms with E-state index in [1.807, 2.05) is 30.1 Å². The van der Waals surface area contributed by atoms with Gasteiger partial charge in [0, 0.05) is 10.0 Å². The van der Waals surface area contributed by atoms with Gasteiger partial charge in [0.1, 0.15) is 17.2 Å². The second kappa shape index (κ2) is 6.96. The normalized spacial score (nSPS) is 11.2. The molecule has 0 radical (unpaired) electrons. The van der Waals surface area contributed by atoms with Gasteiger partial charge in [-0.15, -0.1) is 0 Å². The number of aryl methyl sites for hydroxylation is 1. The van der Waals surface area contributed by atoms with Crippen molar-refractivity contribution in [3.63, 3.8) is 0 Å². The van der Waals surface area contributed by atoms with Crippen LogP contribution in [-0.4, -0.2) is 14.9 Å². The number of hydrogen-bond acceptors (Lipinski definition) is 5. The largest absolute Gasteiger partial charge is 0.457 e. The van der Waals surface area contributed by atoms with Gasteiger partial charge in [-0.1, -0.05) is 22.0 Å². The van der Waals surface area contributed by atoms with Crippen molar-refractivity contribution < 1.29 is 9.34 Å². The molecule has 2 aromatic heterocycles. The van der Waals surface area contributed by atoms with Crippen LogP contribution in [0.5, 0.6) is 0 Å². The van der Waals surface area contributed by atoms with E-state index >= 15 is 0 Å². The summed E-state index contributed by atoms with van der Waals surface area (Å²) in [6, 6.07) is 9.24. The smallest absolute Gasteiger partial charge is 0.357 e. The van der Waals surface area contributed by atoms with Gasteiger partial charge in [0.05, 0.1) is 4.92 Å². The molecule has 0 saturated carbocycles. The molecule has 0 atom stereocenters. The molecule has 3 aromatic rings. The molecule has 0 saturated heterocycles. The first-order valence-corrected chi connectivity index (χ1v) is 8.20. The summed E-state index contributed by atoms with van der Waals surface area (Å²) in [5.41, 5.74) is -0.901. The molecular formula is C17H12BrN3O5. The molecule has 0 aliphatic rings. The van der Waals surface area contributed by atoms with Crippen molar-refractivity contribution in [2.75, 3.05) is 0 Å². The van der Waals surface area contributed by atoms with Crippen LogP contribution in [0.4, 0.5) is 5.69 Å². The molecule has 3 rings (SSSR count). The van der Waals surface area contributed by atoms with Gasteiger partial charge in [0.2, 0.25) is 0 Å². The van der Waals surface area contributed by atoms with Crippen molar-refractivity contribution in [3.8, 4) is 11.3 Å². The van der Waals surface area contributed by atoms with Gasteiger partial charge in [0.25, 0.3) is 0 Å². The average molecular weight is 418 g/mol. The van der Waals surface area contributed by atoms with E-state index in [-0.39, 0.29) is 5.69 Å². The lowest BCUT2D eigenvalue weighted by Gasteiger charge is -2.02. The van der Waals surface area contributed by atoms with Crippen molar-refractivity contribution in [2.45, 2.75) is 6.92 Å². The van der Waals surface area contributed by atoms with Crippen LogP contribution in [0.15, 0.2) is 48.8 Å². The van der Waals surface area contributed by atoms with Crippen LogP contribution in [0.1, 0.15) is 17.0 Å². The summed E-state index contributed by atoms with van der Waals surface area (Å²) in [4.78, 5) is 37.2. The van der Waals surface area contributed by atoms with E-state index in [0.717, 1.165) is 15.6 Å². The summed E-state index contributed by atoms with van der Waals surface area (Å²) >= 11 is 3.48. The zero-order chi connectivity index (χ0) is 18.8. The standard InChI is InChI=1S/C17H12BrN3O5/c1-9-2-5-11(12(18)8-9)14-7-4-10(26-14)3-6-13-15(21(24)25)16(22)20-17(23)19-13/h2-8H,1H3,(H2,19,20,22,23). The Morgan fingerprint density at radius 2 is 1.92 bits per heavy atom. The SMILES string of the molecule is Cc1ccc(-c2ccc(C=Cc3[nH]c(=O)[nH]c(=O)c3[N+](=O)[O-])o2)c(Br)c1. The molecule has 0 bridgehead atoms. The fourth-order valence-electron chi connectivity index (χ4n) is 2.37. The number of hydrogen-bond donors (Lipinski definition) is 2. The highest BCUT2D eigenvalue weighted by Gasteiger charge is 2.19. The second-order valence-corrected chi connectivity index (χ2v) is 6.30. The molecule has 26 heavy (non-hydrogen) atoms. The van der Waals surface area contributed by atoms with Gasteiger partial charge in [-0.3, -0.25) is 19.9 Å². The van der Waals surface area contributed by atoms with Crippen LogP contribution in [0, 0.1) is 17.0 Å². The van der Waals surface area contributed by atoms with Crippen LogP contribution in [0.2, 0.25) is 0 Å². The van der Waals surface area contributed by atoms with Crippen molar-refractivity contribution in [1.29, 1.82) is 0 Å². The quantitative estimate of drug-likeness (QED) is 0.496. The Hall–Kier alpha value is -3.20. The molecule has 2 N–H and O–H groups in total. The van der Waals surface area contributed by atoms with Gasteiger partial charge in [-0.05, 0) is 48.9 Å². The minimum Gasteiger partial charge on any atom is -0.457 e. The van der Waals surface area contributed by atoms with Crippen LogP contribution < -0.4 is 11.2 Å². The topological polar surface area (TPSA) is 122 Å². The Kier molecular flexibility index (Phi) is 4.72. The lowest BCUT2D eigenvalue weighted by Crippen LogP contribution is -2.25. The number of rotatable bonds is 4. The maximum absolute atomic E-state index is 11.6. The highest BCUT2D eigenvalue weighted by Crippen LogP contribution is 2.31. The Balaban J connectivity index is 1.96. The zero-order valence-corrected chi connectivity index (χ0v) is 15.0. The molecule has 9 heteroatoms. The van der Waals surface area contributed by atoms with Crippen molar-refractivity contribution >= 4 is 33.8 Å². The minimum atomic E-state index is -1.07. The summed E-state index contributed by atoms with van der Waals surface area (Å²) in [7, 11) is 0. The summed E-state index contributed by atoms with van der Waals surface area (Å²) in [6.45, 7) is 1.97. The number of aromatic amines is 2. The van der Waals surface area contributed by atoms with Gasteiger partial charge >= 0.3 is 16.9 Å². The van der Waals surface area contributed by atoms with Crippen LogP contribution in [-0.2, 0) is 0 Å². The molecule has 132 valence electrons. The number of halogens is 1. The Morgan fingerprint density at radius 1 is 1.15 bits per heavy atom. The second-order valence-electron chi connectivity index (χ2n) is 5.45. The van der Waals surface area contributed by atoms with E-state index < -0.39 is 21.9 Å². The number of furan rings is 1. The lowest BCUT2D eigenvalue weighted by molar-refractivity contribution is -0.386. The first-order valence-electron chi connectivity index (χ1n) is 7.40. The molecule has 2 heterocycles. The molecule has 0 amide bonds. The Bertz CT molecular complexity index is 1140. The van der Waals surface area contributed by atoms with Gasteiger partial charge < -0.3 is 9.40 Å². The fraction of sp³-hybridized carbons (Fsp3) is 0.0588. The number of benzene rings is 1. The Morgan fingerprint density at radius 3 is 2.62 bits per heavy atom. The van der Waals surface area contributed by atoms with E-state index in [0.29, 0.717) is 11.5 Å². The molecule has 0 spiro atoms. The molecule has 8 nitrogen and oxygen atoms in total. The maximum Gasteiger partial charge on any atom is 0.357 e. The predicted molar refractivity (Wildman–Crippen MR) is 99.8 cm³/mol. The third kappa shape index (κ3) is 3.57. The van der Waals surface area contributed by atoms with Crippen LogP contribution in [0.25, 0.3) is 23.5 Å². The third-order valence-corrected chi connectivity index (χ3v) is 4.22. The predicted octanol–water partition coefficient (Wildman–Crippen LogP) is 3.47. The van der Waals surface area contributed by atoms with Gasteiger partial charge in [-0.25, -0.2) is 4.79 Å². The molecular weight excluding hydrogens is 406 g/mol. The summed E-state index contributed by atoms with van der Waals surface area (Å²) in [5.74, 6) is 1.01. The van der Waals surface area contributed by atoms with E-state index in [2.05, 4.69) is 20.9 Å². The van der Waals surface area contributed by atoms with E-state index in [9.17, 15) is 19.7 Å². The molecule has 0 fully saturated rings. The lowest BCUT2D eigenvalue weighted by atomic mass is 10.1. The number of H-pyrrole nitrogens is 2. The molecule has 0 aliphatic carbocycles. The monoisotopic (exact) mass is 417 g/mol. The van der Waals surface area contributed by atoms with E-state index in [1.165, 1.54) is 12.2 Å². The Labute approximate surface area is 154 Å². The molecule has 0 aliphatic heterocycles. The van der Waals surface area contributed by atoms with E-state index in [4.69, 9.17) is 4.42 Å². The van der Waals surface area contributed by atoms with Crippen molar-refractivity contribution in [2.24, 2.45) is 0 Å². The first kappa shape index (κ1) is 17.6. The number of nitrogens with zero attached hydrogens (tertiary/aromatic N) is 1. The first-order chi connectivity index (χ1) is 12.3.